The molecule has 2 aliphatic heterocycles. The van der Waals surface area contributed by atoms with Gasteiger partial charge in [-0.05, 0) is 31.4 Å². The van der Waals surface area contributed by atoms with Gasteiger partial charge in [0.1, 0.15) is 0 Å². The molecule has 4 nitrogen and oxygen atoms in total. The second-order valence-electron chi connectivity index (χ2n) is 7.25. The van der Waals surface area contributed by atoms with Gasteiger partial charge in [0.25, 0.3) is 0 Å². The molecule has 1 aromatic carbocycles. The fourth-order valence-electron chi connectivity index (χ4n) is 3.27. The van der Waals surface area contributed by atoms with Gasteiger partial charge in [-0.15, -0.1) is 0 Å². The summed E-state index contributed by atoms with van der Waals surface area (Å²) < 4.78 is 60.9. The van der Waals surface area contributed by atoms with Gasteiger partial charge >= 0.3 is 6.18 Å². The zero-order valence-electron chi connectivity index (χ0n) is 16.0. The lowest BCUT2D eigenvalue weighted by molar-refractivity contribution is -0.217. The van der Waals surface area contributed by atoms with Crippen molar-refractivity contribution in [2.75, 3.05) is 26.4 Å². The summed E-state index contributed by atoms with van der Waals surface area (Å²) in [6.45, 7) is 4.45. The molecule has 0 amide bonds. The number of rotatable bonds is 6. The molecule has 7 heteroatoms. The Morgan fingerprint density at radius 2 is 1.57 bits per heavy atom. The van der Waals surface area contributed by atoms with E-state index in [2.05, 4.69) is 19.1 Å². The maximum atomic E-state index is 12.6. The molecule has 0 atom stereocenters. The number of benzene rings is 1. The third kappa shape index (κ3) is 6.04. The van der Waals surface area contributed by atoms with Gasteiger partial charge in [0, 0.05) is 17.4 Å². The molecule has 2 heterocycles. The summed E-state index contributed by atoms with van der Waals surface area (Å²) in [6, 6.07) is 4.91. The zero-order valence-corrected chi connectivity index (χ0v) is 16.0. The zero-order chi connectivity index (χ0) is 20.0. The molecule has 0 spiro atoms. The summed E-state index contributed by atoms with van der Waals surface area (Å²) in [5.41, 5.74) is -0.0820. The SMILES string of the molecule is CCC=CC1COC(CCC2COC(c3ccc(C(F)(F)F)cc3)OC2)OC1. The number of alkyl halides is 3. The molecular weight excluding hydrogens is 373 g/mol. The average Bonchev–Trinajstić information content (AvgIpc) is 2.71. The highest BCUT2D eigenvalue weighted by atomic mass is 19.4. The van der Waals surface area contributed by atoms with Crippen LogP contribution in [-0.2, 0) is 25.1 Å². The smallest absolute Gasteiger partial charge is 0.352 e. The molecule has 28 heavy (non-hydrogen) atoms. The predicted octanol–water partition coefficient (Wildman–Crippen LogP) is 5.10. The Hall–Kier alpha value is -1.41. The van der Waals surface area contributed by atoms with Crippen molar-refractivity contribution in [2.24, 2.45) is 11.8 Å². The van der Waals surface area contributed by atoms with E-state index in [0.29, 0.717) is 37.9 Å². The minimum Gasteiger partial charge on any atom is -0.352 e. The maximum Gasteiger partial charge on any atom is 0.416 e. The number of hydrogen-bond acceptors (Lipinski definition) is 4. The van der Waals surface area contributed by atoms with Gasteiger partial charge < -0.3 is 18.9 Å². The van der Waals surface area contributed by atoms with Crippen LogP contribution in [0.1, 0.15) is 43.6 Å². The van der Waals surface area contributed by atoms with Crippen LogP contribution in [-0.4, -0.2) is 32.7 Å². The molecule has 156 valence electrons. The summed E-state index contributed by atoms with van der Waals surface area (Å²) in [5.74, 6) is 0.539. The van der Waals surface area contributed by atoms with Crippen LogP contribution in [0.3, 0.4) is 0 Å². The molecule has 1 aromatic rings. The molecule has 0 aromatic heterocycles. The van der Waals surface area contributed by atoms with Gasteiger partial charge in [-0.2, -0.15) is 13.2 Å². The van der Waals surface area contributed by atoms with Gasteiger partial charge in [-0.1, -0.05) is 31.2 Å². The largest absolute Gasteiger partial charge is 0.416 e. The molecule has 0 bridgehead atoms. The van der Waals surface area contributed by atoms with Gasteiger partial charge in [0.05, 0.1) is 32.0 Å². The monoisotopic (exact) mass is 400 g/mol. The Morgan fingerprint density at radius 1 is 0.929 bits per heavy atom. The molecule has 0 aliphatic carbocycles. The van der Waals surface area contributed by atoms with Crippen molar-refractivity contribution in [3.05, 3.63) is 47.5 Å². The van der Waals surface area contributed by atoms with Crippen LogP contribution in [0.15, 0.2) is 36.4 Å². The highest BCUT2D eigenvalue weighted by Crippen LogP contribution is 2.32. The first-order valence-electron chi connectivity index (χ1n) is 9.76. The third-order valence-corrected chi connectivity index (χ3v) is 4.92. The van der Waals surface area contributed by atoms with Crippen LogP contribution < -0.4 is 0 Å². The van der Waals surface area contributed by atoms with Gasteiger partial charge in [-0.25, -0.2) is 0 Å². The topological polar surface area (TPSA) is 36.9 Å². The molecule has 2 fully saturated rings. The Balaban J connectivity index is 1.37. The number of ether oxygens (including phenoxy) is 4. The van der Waals surface area contributed by atoms with Crippen molar-refractivity contribution < 1.29 is 32.1 Å². The molecule has 2 aliphatic rings. The van der Waals surface area contributed by atoms with E-state index in [-0.39, 0.29) is 12.2 Å². The van der Waals surface area contributed by atoms with Crippen molar-refractivity contribution in [3.63, 3.8) is 0 Å². The Kier molecular flexibility index (Phi) is 7.51. The number of halogens is 3. The summed E-state index contributed by atoms with van der Waals surface area (Å²) in [6.07, 6.45) is 1.74. The van der Waals surface area contributed by atoms with Crippen LogP contribution in [0.5, 0.6) is 0 Å². The summed E-state index contributed by atoms with van der Waals surface area (Å²) in [4.78, 5) is 0. The quantitative estimate of drug-likeness (QED) is 0.623. The van der Waals surface area contributed by atoms with Crippen LogP contribution in [0.2, 0.25) is 0 Å². The van der Waals surface area contributed by atoms with Crippen molar-refractivity contribution in [1.29, 1.82) is 0 Å². The van der Waals surface area contributed by atoms with Crippen LogP contribution in [0, 0.1) is 11.8 Å². The first-order valence-corrected chi connectivity index (χ1v) is 9.76. The predicted molar refractivity (Wildman–Crippen MR) is 97.4 cm³/mol. The van der Waals surface area contributed by atoms with E-state index in [1.54, 1.807) is 0 Å². The van der Waals surface area contributed by atoms with Crippen molar-refractivity contribution in [1.82, 2.24) is 0 Å². The summed E-state index contributed by atoms with van der Waals surface area (Å²) in [7, 11) is 0. The molecule has 0 saturated carbocycles. The fraction of sp³-hybridized carbons (Fsp3) is 0.619. The van der Waals surface area contributed by atoms with Gasteiger partial charge in [0.2, 0.25) is 0 Å². The van der Waals surface area contributed by atoms with Gasteiger partial charge in [-0.3, -0.25) is 0 Å². The molecule has 0 radical (unpaired) electrons. The van der Waals surface area contributed by atoms with Gasteiger partial charge in [0.15, 0.2) is 12.6 Å². The van der Waals surface area contributed by atoms with Crippen LogP contribution in [0.25, 0.3) is 0 Å². The standard InChI is InChI=1S/C21H27F3O4/c1-2-3-4-15-11-25-19(26-12-15)10-5-16-13-27-20(28-14-16)17-6-8-18(9-7-17)21(22,23)24/h3-4,6-9,15-16,19-20H,2,5,10-14H2,1H3. The van der Waals surface area contributed by atoms with E-state index < -0.39 is 18.0 Å². The Bertz CT molecular complexity index is 614. The Labute approximate surface area is 163 Å². The van der Waals surface area contributed by atoms with Crippen molar-refractivity contribution in [2.45, 2.75) is 44.9 Å². The Morgan fingerprint density at radius 3 is 2.14 bits per heavy atom. The maximum absolute atomic E-state index is 12.6. The summed E-state index contributed by atoms with van der Waals surface area (Å²) >= 11 is 0. The van der Waals surface area contributed by atoms with E-state index in [9.17, 15) is 13.2 Å². The fourth-order valence-corrected chi connectivity index (χ4v) is 3.27. The normalized spacial score (nSPS) is 29.3. The van der Waals surface area contributed by atoms with Crippen molar-refractivity contribution in [3.8, 4) is 0 Å². The third-order valence-electron chi connectivity index (χ3n) is 4.92. The van der Waals surface area contributed by atoms with E-state index in [1.165, 1.54) is 12.1 Å². The molecule has 2 saturated heterocycles. The van der Waals surface area contributed by atoms with Crippen LogP contribution >= 0.6 is 0 Å². The summed E-state index contributed by atoms with van der Waals surface area (Å²) in [5, 5.41) is 0. The lowest BCUT2D eigenvalue weighted by Crippen LogP contribution is -2.33. The second kappa shape index (κ2) is 9.87. The van der Waals surface area contributed by atoms with E-state index >= 15 is 0 Å². The molecular formula is C21H27F3O4. The minimum absolute atomic E-state index is 0.195. The van der Waals surface area contributed by atoms with E-state index in [4.69, 9.17) is 18.9 Å². The molecule has 0 unspecified atom stereocenters. The van der Waals surface area contributed by atoms with Crippen LogP contribution in [0.4, 0.5) is 13.2 Å². The molecule has 0 N–H and O–H groups in total. The highest BCUT2D eigenvalue weighted by Gasteiger charge is 2.31. The second-order valence-corrected chi connectivity index (χ2v) is 7.25. The number of hydrogen-bond donors (Lipinski definition) is 0. The highest BCUT2D eigenvalue weighted by molar-refractivity contribution is 5.25. The van der Waals surface area contributed by atoms with E-state index in [1.807, 2.05) is 0 Å². The number of allylic oxidation sites excluding steroid dienone is 1. The average molecular weight is 400 g/mol. The molecule has 3 rings (SSSR count). The first-order chi connectivity index (χ1) is 13.5. The lowest BCUT2D eigenvalue weighted by Gasteiger charge is -2.32. The van der Waals surface area contributed by atoms with E-state index in [0.717, 1.165) is 31.4 Å². The first kappa shape index (κ1) is 21.3. The minimum atomic E-state index is -4.34. The van der Waals surface area contributed by atoms with Crippen molar-refractivity contribution >= 4 is 0 Å². The lowest BCUT2D eigenvalue weighted by atomic mass is 10.0.